The van der Waals surface area contributed by atoms with Gasteiger partial charge in [-0.25, -0.2) is 0 Å². The molecule has 0 spiro atoms. The summed E-state index contributed by atoms with van der Waals surface area (Å²) in [6.45, 7) is 0.963. The van der Waals surface area contributed by atoms with Crippen LogP contribution in [0.1, 0.15) is 22.8 Å². The number of benzene rings is 4. The zero-order valence-corrected chi connectivity index (χ0v) is 22.4. The van der Waals surface area contributed by atoms with Crippen LogP contribution in [0.25, 0.3) is 22.0 Å². The van der Waals surface area contributed by atoms with Crippen LogP contribution in [-0.2, 0) is 6.42 Å². The van der Waals surface area contributed by atoms with Gasteiger partial charge in [0.25, 0.3) is 0 Å². The highest BCUT2D eigenvalue weighted by atomic mass is 16.5. The average Bonchev–Trinajstić information content (AvgIpc) is 3.00. The lowest BCUT2D eigenvalue weighted by Crippen LogP contribution is -2.24. The quantitative estimate of drug-likeness (QED) is 0.172. The van der Waals surface area contributed by atoms with Crippen molar-refractivity contribution in [1.82, 2.24) is 10.3 Å². The monoisotopic (exact) mass is 547 g/mol. The van der Waals surface area contributed by atoms with Crippen LogP contribution in [0, 0.1) is 11.3 Å². The molecule has 0 fully saturated rings. The van der Waals surface area contributed by atoms with E-state index in [0.717, 1.165) is 23.1 Å². The molecule has 0 saturated carbocycles. The minimum atomic E-state index is -0.809. The Bertz CT molecular complexity index is 1770. The van der Waals surface area contributed by atoms with Crippen molar-refractivity contribution < 1.29 is 19.7 Å². The van der Waals surface area contributed by atoms with Crippen LogP contribution in [-0.4, -0.2) is 35.4 Å². The zero-order chi connectivity index (χ0) is 28.8. The number of hydrogen-bond donors (Lipinski definition) is 4. The number of phenols is 1. The molecule has 0 aliphatic rings. The van der Waals surface area contributed by atoms with Gasteiger partial charge >= 0.3 is 0 Å². The normalized spacial score (nSPS) is 11.6. The second-order valence-corrected chi connectivity index (χ2v) is 9.56. The highest BCUT2D eigenvalue weighted by Gasteiger charge is 2.14. The van der Waals surface area contributed by atoms with E-state index in [2.05, 4.69) is 16.4 Å². The molecule has 0 radical (unpaired) electrons. The number of aliphatic hydroxyl groups excluding tert-OH is 1. The topological polar surface area (TPSA) is 128 Å². The number of aromatic hydroxyl groups is 1. The fourth-order valence-electron chi connectivity index (χ4n) is 4.72. The molecular formula is C33H29N3O5. The standard InChI is InChI=1S/C33H29N3O5/c1-40-31-13-9-25(18-28(31)23-4-2-3-22(17-23)19-34)41-24-7-5-21(6-8-24)15-16-35-20-30(38)26-10-12-29(37)33-27(26)11-14-32(39)36-33/h2-14,17-18,30,35,37-38H,15-16,20H2,1H3,(H,36,39). The first-order valence-corrected chi connectivity index (χ1v) is 13.1. The van der Waals surface area contributed by atoms with Crippen molar-refractivity contribution in [3.05, 3.63) is 118 Å². The Morgan fingerprint density at radius 1 is 0.976 bits per heavy atom. The third kappa shape index (κ3) is 6.39. The van der Waals surface area contributed by atoms with Crippen LogP contribution in [0.5, 0.6) is 23.0 Å². The Hall–Kier alpha value is -5.10. The van der Waals surface area contributed by atoms with Crippen LogP contribution in [0.3, 0.4) is 0 Å². The SMILES string of the molecule is COc1ccc(Oc2ccc(CCNCC(O)c3ccc(O)c4[nH]c(=O)ccc34)cc2)cc1-c1cccc(C#N)c1. The molecule has 4 aromatic carbocycles. The van der Waals surface area contributed by atoms with E-state index in [1.54, 1.807) is 25.3 Å². The summed E-state index contributed by atoms with van der Waals surface area (Å²) in [4.78, 5) is 14.2. The van der Waals surface area contributed by atoms with E-state index in [4.69, 9.17) is 9.47 Å². The first-order chi connectivity index (χ1) is 19.9. The summed E-state index contributed by atoms with van der Waals surface area (Å²) in [5, 5.41) is 33.9. The number of aliphatic hydroxyl groups is 1. The predicted molar refractivity (Wildman–Crippen MR) is 157 cm³/mol. The second kappa shape index (κ2) is 12.4. The average molecular weight is 548 g/mol. The van der Waals surface area contributed by atoms with E-state index < -0.39 is 6.10 Å². The van der Waals surface area contributed by atoms with E-state index in [0.29, 0.717) is 52.4 Å². The number of nitrogens with zero attached hydrogens (tertiary/aromatic N) is 1. The van der Waals surface area contributed by atoms with Crippen LogP contribution in [0.2, 0.25) is 0 Å². The van der Waals surface area contributed by atoms with Crippen molar-refractivity contribution in [3.8, 4) is 40.2 Å². The number of methoxy groups -OCH3 is 1. The van der Waals surface area contributed by atoms with Crippen molar-refractivity contribution >= 4 is 10.9 Å². The zero-order valence-electron chi connectivity index (χ0n) is 22.4. The van der Waals surface area contributed by atoms with E-state index in [1.165, 1.54) is 12.1 Å². The van der Waals surface area contributed by atoms with Gasteiger partial charge in [0, 0.05) is 23.6 Å². The van der Waals surface area contributed by atoms with Gasteiger partial charge in [0.15, 0.2) is 0 Å². The van der Waals surface area contributed by atoms with Crippen LogP contribution in [0.15, 0.2) is 95.8 Å². The number of fused-ring (bicyclic) bond motifs is 1. The summed E-state index contributed by atoms with van der Waals surface area (Å²) < 4.78 is 11.6. The minimum absolute atomic E-state index is 0.0353. The molecule has 5 aromatic rings. The summed E-state index contributed by atoms with van der Waals surface area (Å²) in [5.74, 6) is 1.99. The van der Waals surface area contributed by atoms with Gasteiger partial charge in [0.1, 0.15) is 23.0 Å². The number of pyridine rings is 1. The van der Waals surface area contributed by atoms with Crippen molar-refractivity contribution in [2.75, 3.05) is 20.2 Å². The molecule has 41 heavy (non-hydrogen) atoms. The number of aromatic amines is 1. The van der Waals surface area contributed by atoms with Gasteiger partial charge in [-0.3, -0.25) is 4.79 Å². The summed E-state index contributed by atoms with van der Waals surface area (Å²) in [6, 6.07) is 29.0. The molecule has 8 heteroatoms. The molecule has 0 saturated heterocycles. The molecule has 1 atom stereocenters. The van der Waals surface area contributed by atoms with Gasteiger partial charge in [0.05, 0.1) is 30.4 Å². The highest BCUT2D eigenvalue weighted by molar-refractivity contribution is 5.87. The molecule has 1 unspecified atom stereocenters. The maximum Gasteiger partial charge on any atom is 0.248 e. The molecule has 1 heterocycles. The minimum Gasteiger partial charge on any atom is -0.506 e. The van der Waals surface area contributed by atoms with Gasteiger partial charge in [-0.1, -0.05) is 30.3 Å². The second-order valence-electron chi connectivity index (χ2n) is 9.56. The molecule has 5 rings (SSSR count). The third-order valence-corrected chi connectivity index (χ3v) is 6.83. The molecule has 4 N–H and O–H groups in total. The van der Waals surface area contributed by atoms with E-state index in [9.17, 15) is 20.3 Å². The molecule has 0 bridgehead atoms. The van der Waals surface area contributed by atoms with Crippen molar-refractivity contribution in [1.29, 1.82) is 5.26 Å². The fourth-order valence-corrected chi connectivity index (χ4v) is 4.72. The van der Waals surface area contributed by atoms with Crippen molar-refractivity contribution in [3.63, 3.8) is 0 Å². The number of hydrogen-bond acceptors (Lipinski definition) is 7. The lowest BCUT2D eigenvalue weighted by atomic mass is 10.0. The van der Waals surface area contributed by atoms with Gasteiger partial charge in [-0.05, 0) is 84.3 Å². The molecule has 206 valence electrons. The fraction of sp³-hybridized carbons (Fsp3) is 0.152. The Labute approximate surface area is 237 Å². The largest absolute Gasteiger partial charge is 0.506 e. The van der Waals surface area contributed by atoms with Crippen molar-refractivity contribution in [2.24, 2.45) is 0 Å². The summed E-state index contributed by atoms with van der Waals surface area (Å²) in [5.41, 5.74) is 4.01. The maximum atomic E-state index is 11.6. The van der Waals surface area contributed by atoms with Crippen LogP contribution >= 0.6 is 0 Å². The third-order valence-electron chi connectivity index (χ3n) is 6.83. The maximum absolute atomic E-state index is 11.6. The Morgan fingerprint density at radius 3 is 2.56 bits per heavy atom. The molecule has 8 nitrogen and oxygen atoms in total. The van der Waals surface area contributed by atoms with Gasteiger partial charge in [-0.15, -0.1) is 0 Å². The van der Waals surface area contributed by atoms with E-state index in [1.807, 2.05) is 60.7 Å². The smallest absolute Gasteiger partial charge is 0.248 e. The lowest BCUT2D eigenvalue weighted by Gasteiger charge is -2.15. The first-order valence-electron chi connectivity index (χ1n) is 13.1. The number of nitriles is 1. The molecule has 0 aliphatic carbocycles. The van der Waals surface area contributed by atoms with Crippen LogP contribution in [0.4, 0.5) is 0 Å². The number of phenolic OH excluding ortho intramolecular Hbond substituents is 1. The summed E-state index contributed by atoms with van der Waals surface area (Å²) in [6.07, 6.45) is -0.0602. The molecule has 1 aromatic heterocycles. The number of aromatic nitrogens is 1. The Kier molecular flexibility index (Phi) is 8.30. The molecule has 0 aliphatic heterocycles. The van der Waals surface area contributed by atoms with E-state index >= 15 is 0 Å². The summed E-state index contributed by atoms with van der Waals surface area (Å²) in [7, 11) is 1.61. The van der Waals surface area contributed by atoms with Crippen LogP contribution < -0.4 is 20.3 Å². The Morgan fingerprint density at radius 2 is 1.78 bits per heavy atom. The van der Waals surface area contributed by atoms with E-state index in [-0.39, 0.29) is 11.3 Å². The number of ether oxygens (including phenoxy) is 2. The lowest BCUT2D eigenvalue weighted by molar-refractivity contribution is 0.176. The number of rotatable bonds is 10. The van der Waals surface area contributed by atoms with Gasteiger partial charge < -0.3 is 30.0 Å². The molecular weight excluding hydrogens is 518 g/mol. The van der Waals surface area contributed by atoms with Gasteiger partial charge in [-0.2, -0.15) is 5.26 Å². The van der Waals surface area contributed by atoms with Gasteiger partial charge in [0.2, 0.25) is 5.56 Å². The molecule has 0 amide bonds. The first kappa shape index (κ1) is 27.5. The number of H-pyrrole nitrogens is 1. The predicted octanol–water partition coefficient (Wildman–Crippen LogP) is 5.44. The highest BCUT2D eigenvalue weighted by Crippen LogP contribution is 2.35. The number of nitrogens with one attached hydrogen (secondary N) is 2. The summed E-state index contributed by atoms with van der Waals surface area (Å²) >= 11 is 0. The van der Waals surface area contributed by atoms with Crippen molar-refractivity contribution in [2.45, 2.75) is 12.5 Å². The Balaban J connectivity index is 1.18.